The zero-order chi connectivity index (χ0) is 19.4. The Morgan fingerprint density at radius 3 is 2.70 bits per heavy atom. The Balaban J connectivity index is 1.70. The maximum Gasteiger partial charge on any atom is 0.340 e. The summed E-state index contributed by atoms with van der Waals surface area (Å²) >= 11 is 2.15. The predicted octanol–water partition coefficient (Wildman–Crippen LogP) is 3.95. The average Bonchev–Trinajstić information content (AvgIpc) is 2.65. The van der Waals surface area contributed by atoms with Gasteiger partial charge in [0.15, 0.2) is 6.61 Å². The molecule has 3 rings (SSSR count). The number of anilines is 1. The molecule has 0 aliphatic carbocycles. The molecular formula is C20H17IN2O4. The van der Waals surface area contributed by atoms with Crippen molar-refractivity contribution in [2.24, 2.45) is 0 Å². The fraction of sp³-hybridized carbons (Fsp3) is 0.150. The monoisotopic (exact) mass is 476 g/mol. The van der Waals surface area contributed by atoms with Crippen molar-refractivity contribution in [3.63, 3.8) is 0 Å². The maximum atomic E-state index is 12.4. The number of methoxy groups -OCH3 is 1. The van der Waals surface area contributed by atoms with Crippen molar-refractivity contribution < 1.29 is 19.1 Å². The Kier molecular flexibility index (Phi) is 5.90. The van der Waals surface area contributed by atoms with Crippen molar-refractivity contribution in [3.05, 3.63) is 63.4 Å². The summed E-state index contributed by atoms with van der Waals surface area (Å²) in [5.41, 5.74) is 2.26. The van der Waals surface area contributed by atoms with Crippen molar-refractivity contribution in [1.82, 2.24) is 4.98 Å². The molecule has 0 radical (unpaired) electrons. The molecule has 0 bridgehead atoms. The third-order valence-corrected chi connectivity index (χ3v) is 4.55. The third-order valence-electron chi connectivity index (χ3n) is 3.88. The molecule has 1 amide bonds. The highest BCUT2D eigenvalue weighted by molar-refractivity contribution is 14.1. The molecule has 0 aliphatic rings. The summed E-state index contributed by atoms with van der Waals surface area (Å²) in [7, 11) is 1.57. The number of rotatable bonds is 5. The van der Waals surface area contributed by atoms with E-state index in [4.69, 9.17) is 9.47 Å². The highest BCUT2D eigenvalue weighted by atomic mass is 127. The summed E-state index contributed by atoms with van der Waals surface area (Å²) < 4.78 is 11.3. The fourth-order valence-electron chi connectivity index (χ4n) is 2.56. The van der Waals surface area contributed by atoms with Gasteiger partial charge in [-0.3, -0.25) is 9.78 Å². The second-order valence-electron chi connectivity index (χ2n) is 5.81. The van der Waals surface area contributed by atoms with Crippen LogP contribution in [0.4, 0.5) is 5.69 Å². The Labute approximate surface area is 170 Å². The van der Waals surface area contributed by atoms with Crippen molar-refractivity contribution in [3.8, 4) is 5.75 Å². The van der Waals surface area contributed by atoms with Crippen molar-refractivity contribution in [2.45, 2.75) is 6.92 Å². The van der Waals surface area contributed by atoms with E-state index in [1.807, 2.05) is 30.3 Å². The van der Waals surface area contributed by atoms with Crippen LogP contribution in [0.3, 0.4) is 0 Å². The minimum absolute atomic E-state index is 0.317. The summed E-state index contributed by atoms with van der Waals surface area (Å²) in [5, 5.41) is 3.46. The second-order valence-corrected chi connectivity index (χ2v) is 7.06. The van der Waals surface area contributed by atoms with Crippen LogP contribution in [0.15, 0.2) is 48.5 Å². The molecule has 0 unspecified atom stereocenters. The van der Waals surface area contributed by atoms with Crippen molar-refractivity contribution in [1.29, 1.82) is 0 Å². The van der Waals surface area contributed by atoms with Gasteiger partial charge in [-0.05, 0) is 72.0 Å². The number of fused-ring (bicyclic) bond motifs is 1. The lowest BCUT2D eigenvalue weighted by atomic mass is 10.1. The molecule has 0 aliphatic heterocycles. The van der Waals surface area contributed by atoms with Gasteiger partial charge in [0.2, 0.25) is 0 Å². The highest BCUT2D eigenvalue weighted by Crippen LogP contribution is 2.22. The number of nitrogens with zero attached hydrogens (tertiary/aromatic N) is 1. The lowest BCUT2D eigenvalue weighted by Gasteiger charge is -2.10. The molecule has 1 N–H and O–H groups in total. The number of carbonyl (C=O) groups is 2. The number of carbonyl (C=O) groups excluding carboxylic acids is 2. The second kappa shape index (κ2) is 8.34. The zero-order valence-electron chi connectivity index (χ0n) is 14.8. The number of halogens is 1. The molecule has 0 saturated heterocycles. The number of benzene rings is 2. The molecule has 27 heavy (non-hydrogen) atoms. The molecule has 0 spiro atoms. The Morgan fingerprint density at radius 1 is 1.15 bits per heavy atom. The first-order valence-corrected chi connectivity index (χ1v) is 9.22. The van der Waals surface area contributed by atoms with Gasteiger partial charge in [-0.25, -0.2) is 4.79 Å². The number of hydrogen-bond donors (Lipinski definition) is 1. The minimum Gasteiger partial charge on any atom is -0.497 e. The van der Waals surface area contributed by atoms with E-state index < -0.39 is 11.9 Å². The number of pyridine rings is 1. The number of amides is 1. The summed E-state index contributed by atoms with van der Waals surface area (Å²) in [6.07, 6.45) is 0. The van der Waals surface area contributed by atoms with Crippen LogP contribution in [0.5, 0.6) is 5.75 Å². The van der Waals surface area contributed by atoms with E-state index in [-0.39, 0.29) is 6.61 Å². The standard InChI is InChI=1S/C20H17IN2O4/c1-12-17(9-13-8-16(26-2)6-7-18(13)22-12)20(25)27-11-19(24)23-15-5-3-4-14(21)10-15/h3-10H,11H2,1-2H3,(H,23,24). The molecular weight excluding hydrogens is 459 g/mol. The van der Waals surface area contributed by atoms with Gasteiger partial charge < -0.3 is 14.8 Å². The first kappa shape index (κ1) is 19.1. The molecule has 3 aromatic rings. The zero-order valence-corrected chi connectivity index (χ0v) is 16.9. The van der Waals surface area contributed by atoms with Crippen LogP contribution in [0.25, 0.3) is 10.9 Å². The van der Waals surface area contributed by atoms with Gasteiger partial charge in [-0.1, -0.05) is 6.07 Å². The summed E-state index contributed by atoms with van der Waals surface area (Å²) in [6, 6.07) is 14.5. The van der Waals surface area contributed by atoms with Crippen LogP contribution in [0.1, 0.15) is 16.1 Å². The number of hydrogen-bond acceptors (Lipinski definition) is 5. The Bertz CT molecular complexity index is 1020. The van der Waals surface area contributed by atoms with Gasteiger partial charge in [-0.15, -0.1) is 0 Å². The van der Waals surface area contributed by atoms with Crippen LogP contribution in [-0.2, 0) is 9.53 Å². The first-order chi connectivity index (χ1) is 13.0. The van der Waals surface area contributed by atoms with Crippen LogP contribution in [-0.4, -0.2) is 30.6 Å². The van der Waals surface area contributed by atoms with Gasteiger partial charge in [0.25, 0.3) is 5.91 Å². The van der Waals surface area contributed by atoms with Gasteiger partial charge in [0.05, 0.1) is 23.9 Å². The normalized spacial score (nSPS) is 10.5. The van der Waals surface area contributed by atoms with Crippen molar-refractivity contribution in [2.75, 3.05) is 19.0 Å². The molecule has 1 aromatic heterocycles. The summed E-state index contributed by atoms with van der Waals surface area (Å²) in [4.78, 5) is 28.8. The van der Waals surface area contributed by atoms with Crippen LogP contribution in [0.2, 0.25) is 0 Å². The molecule has 1 heterocycles. The number of aryl methyl sites for hydroxylation is 1. The van der Waals surface area contributed by atoms with E-state index in [1.165, 1.54) is 0 Å². The minimum atomic E-state index is -0.595. The topological polar surface area (TPSA) is 77.5 Å². The van der Waals surface area contributed by atoms with E-state index >= 15 is 0 Å². The van der Waals surface area contributed by atoms with Crippen LogP contribution >= 0.6 is 22.6 Å². The Morgan fingerprint density at radius 2 is 1.96 bits per heavy atom. The third kappa shape index (κ3) is 4.73. The van der Waals surface area contributed by atoms with Gasteiger partial charge in [-0.2, -0.15) is 0 Å². The van der Waals surface area contributed by atoms with E-state index in [2.05, 4.69) is 32.9 Å². The van der Waals surface area contributed by atoms with Gasteiger partial charge >= 0.3 is 5.97 Å². The molecule has 7 heteroatoms. The van der Waals surface area contributed by atoms with Gasteiger partial charge in [0, 0.05) is 14.6 Å². The molecule has 0 saturated carbocycles. The molecule has 138 valence electrons. The largest absolute Gasteiger partial charge is 0.497 e. The van der Waals surface area contributed by atoms with Crippen LogP contribution < -0.4 is 10.1 Å². The quantitative estimate of drug-likeness (QED) is 0.446. The average molecular weight is 476 g/mol. The smallest absolute Gasteiger partial charge is 0.340 e. The van der Waals surface area contributed by atoms with Gasteiger partial charge in [0.1, 0.15) is 5.75 Å². The predicted molar refractivity (Wildman–Crippen MR) is 111 cm³/mol. The lowest BCUT2D eigenvalue weighted by Crippen LogP contribution is -2.21. The SMILES string of the molecule is COc1ccc2nc(C)c(C(=O)OCC(=O)Nc3cccc(I)c3)cc2c1. The molecule has 0 atom stereocenters. The van der Waals surface area contributed by atoms with E-state index in [9.17, 15) is 9.59 Å². The Hall–Kier alpha value is -2.68. The molecule has 2 aromatic carbocycles. The molecule has 0 fully saturated rings. The first-order valence-electron chi connectivity index (χ1n) is 8.14. The molecule has 6 nitrogen and oxygen atoms in total. The number of esters is 1. The van der Waals surface area contributed by atoms with E-state index in [0.29, 0.717) is 22.7 Å². The summed E-state index contributed by atoms with van der Waals surface area (Å²) in [6.45, 7) is 1.35. The summed E-state index contributed by atoms with van der Waals surface area (Å²) in [5.74, 6) is -0.328. The lowest BCUT2D eigenvalue weighted by molar-refractivity contribution is -0.119. The van der Waals surface area contributed by atoms with Crippen molar-refractivity contribution >= 4 is 51.1 Å². The number of ether oxygens (including phenoxy) is 2. The number of nitrogens with one attached hydrogen (secondary N) is 1. The van der Waals surface area contributed by atoms with Crippen LogP contribution in [0, 0.1) is 10.5 Å². The van der Waals surface area contributed by atoms with E-state index in [1.54, 1.807) is 32.2 Å². The highest BCUT2D eigenvalue weighted by Gasteiger charge is 2.15. The fourth-order valence-corrected chi connectivity index (χ4v) is 3.10. The number of aromatic nitrogens is 1. The van der Waals surface area contributed by atoms with E-state index in [0.717, 1.165) is 14.5 Å². The maximum absolute atomic E-state index is 12.4.